The molecule has 2 rings (SSSR count). The van der Waals surface area contributed by atoms with Crippen LogP contribution in [0.1, 0.15) is 0 Å². The number of carbonyl (C=O) groups is 1. The normalized spacial score (nSPS) is 10.4. The van der Waals surface area contributed by atoms with Gasteiger partial charge in [0, 0.05) is 0 Å². The quantitative estimate of drug-likeness (QED) is 0.731. The van der Waals surface area contributed by atoms with Crippen molar-refractivity contribution in [3.8, 4) is 0 Å². The molecule has 1 heterocycles. The molecule has 2 N–H and O–H groups in total. The van der Waals surface area contributed by atoms with Crippen molar-refractivity contribution < 1.29 is 4.79 Å². The van der Waals surface area contributed by atoms with Gasteiger partial charge in [-0.1, -0.05) is 11.3 Å². The molecular formula is C8H7ClN4O. The van der Waals surface area contributed by atoms with Gasteiger partial charge in [-0.2, -0.15) is 0 Å². The first-order valence-electron chi connectivity index (χ1n) is 3.97. The molecule has 0 spiro atoms. The summed E-state index contributed by atoms with van der Waals surface area (Å²) in [5.74, 6) is -0.337. The summed E-state index contributed by atoms with van der Waals surface area (Å²) in [7, 11) is 0. The molecule has 72 valence electrons. The first kappa shape index (κ1) is 8.96. The molecule has 0 saturated carbocycles. The molecule has 0 saturated heterocycles. The van der Waals surface area contributed by atoms with Crippen LogP contribution < -0.4 is 5.32 Å². The van der Waals surface area contributed by atoms with Gasteiger partial charge in [-0.25, -0.2) is 0 Å². The Morgan fingerprint density at radius 2 is 2.43 bits per heavy atom. The second kappa shape index (κ2) is 3.63. The molecule has 0 atom stereocenters. The van der Waals surface area contributed by atoms with Crippen molar-refractivity contribution in [3.05, 3.63) is 18.2 Å². The van der Waals surface area contributed by atoms with Crippen LogP contribution in [0.5, 0.6) is 0 Å². The van der Waals surface area contributed by atoms with E-state index in [9.17, 15) is 4.79 Å². The van der Waals surface area contributed by atoms with Crippen LogP contribution in [-0.4, -0.2) is 27.2 Å². The number of fused-ring (bicyclic) bond motifs is 1. The number of alkyl halides is 1. The second-order valence-electron chi connectivity index (χ2n) is 2.70. The molecule has 0 fully saturated rings. The number of hydrogen-bond donors (Lipinski definition) is 2. The Balaban J connectivity index is 2.41. The van der Waals surface area contributed by atoms with Crippen molar-refractivity contribution in [1.29, 1.82) is 0 Å². The lowest BCUT2D eigenvalue weighted by molar-refractivity contribution is -0.113. The monoisotopic (exact) mass is 210 g/mol. The van der Waals surface area contributed by atoms with E-state index in [0.717, 1.165) is 5.52 Å². The Kier molecular flexibility index (Phi) is 2.32. The molecule has 0 bridgehead atoms. The minimum absolute atomic E-state index is 0.0752. The fourth-order valence-electron chi connectivity index (χ4n) is 1.15. The lowest BCUT2D eigenvalue weighted by Crippen LogP contribution is -2.12. The number of halogens is 1. The van der Waals surface area contributed by atoms with Crippen LogP contribution in [0.2, 0.25) is 0 Å². The van der Waals surface area contributed by atoms with Crippen molar-refractivity contribution in [1.82, 2.24) is 15.4 Å². The van der Waals surface area contributed by atoms with Gasteiger partial charge in [-0.05, 0) is 12.1 Å². The van der Waals surface area contributed by atoms with Gasteiger partial charge in [0.15, 0.2) is 0 Å². The number of benzene rings is 1. The number of nitrogens with zero attached hydrogens (tertiary/aromatic N) is 2. The molecule has 1 amide bonds. The largest absolute Gasteiger partial charge is 0.323 e. The highest BCUT2D eigenvalue weighted by Crippen LogP contribution is 2.18. The number of hydrogen-bond acceptors (Lipinski definition) is 3. The van der Waals surface area contributed by atoms with E-state index in [1.54, 1.807) is 12.1 Å². The van der Waals surface area contributed by atoms with Crippen LogP contribution in [-0.2, 0) is 4.79 Å². The second-order valence-corrected chi connectivity index (χ2v) is 2.96. The standard InChI is InChI=1S/C8H7ClN4O/c9-4-7(14)10-5-2-1-3-6-8(5)12-13-11-6/h1-3H,4H2,(H,10,14)(H,11,12,13). The number of amides is 1. The lowest BCUT2D eigenvalue weighted by Gasteiger charge is -2.01. The summed E-state index contributed by atoms with van der Waals surface area (Å²) in [6.45, 7) is 0. The Hall–Kier alpha value is -1.62. The average molecular weight is 211 g/mol. The Bertz CT molecular complexity index is 467. The molecule has 1 aromatic carbocycles. The Morgan fingerprint density at radius 3 is 3.21 bits per heavy atom. The van der Waals surface area contributed by atoms with Gasteiger partial charge in [-0.15, -0.1) is 16.7 Å². The smallest absolute Gasteiger partial charge is 0.239 e. The highest BCUT2D eigenvalue weighted by Gasteiger charge is 2.06. The highest BCUT2D eigenvalue weighted by molar-refractivity contribution is 6.29. The zero-order valence-corrected chi connectivity index (χ0v) is 7.88. The van der Waals surface area contributed by atoms with Gasteiger partial charge in [0.2, 0.25) is 5.91 Å². The number of carbonyl (C=O) groups excluding carboxylic acids is 1. The van der Waals surface area contributed by atoms with Gasteiger partial charge >= 0.3 is 0 Å². The molecule has 2 aromatic rings. The first-order valence-corrected chi connectivity index (χ1v) is 4.50. The van der Waals surface area contributed by atoms with Gasteiger partial charge < -0.3 is 5.32 Å². The molecule has 0 radical (unpaired) electrons. The maximum atomic E-state index is 11.0. The third-order valence-electron chi connectivity index (χ3n) is 1.75. The van der Waals surface area contributed by atoms with E-state index in [-0.39, 0.29) is 11.8 Å². The molecule has 0 aliphatic rings. The van der Waals surface area contributed by atoms with Crippen LogP contribution >= 0.6 is 11.6 Å². The van der Waals surface area contributed by atoms with Gasteiger partial charge in [0.1, 0.15) is 11.4 Å². The summed E-state index contributed by atoms with van der Waals surface area (Å²) in [4.78, 5) is 11.0. The van der Waals surface area contributed by atoms with E-state index in [1.807, 2.05) is 6.07 Å². The Labute approximate surface area is 84.4 Å². The number of rotatable bonds is 2. The lowest BCUT2D eigenvalue weighted by atomic mass is 10.2. The third kappa shape index (κ3) is 1.54. The third-order valence-corrected chi connectivity index (χ3v) is 1.99. The molecule has 14 heavy (non-hydrogen) atoms. The van der Waals surface area contributed by atoms with Crippen molar-refractivity contribution in [2.75, 3.05) is 11.2 Å². The van der Waals surface area contributed by atoms with E-state index in [0.29, 0.717) is 11.2 Å². The minimum Gasteiger partial charge on any atom is -0.323 e. The van der Waals surface area contributed by atoms with Crippen LogP contribution in [0, 0.1) is 0 Å². The first-order chi connectivity index (χ1) is 6.81. The van der Waals surface area contributed by atoms with E-state index in [1.165, 1.54) is 0 Å². The number of nitrogens with one attached hydrogen (secondary N) is 2. The number of H-pyrrole nitrogens is 1. The molecule has 0 unspecified atom stereocenters. The highest BCUT2D eigenvalue weighted by atomic mass is 35.5. The van der Waals surface area contributed by atoms with Crippen LogP contribution in [0.4, 0.5) is 5.69 Å². The molecule has 1 aromatic heterocycles. The number of anilines is 1. The maximum absolute atomic E-state index is 11.0. The van der Waals surface area contributed by atoms with E-state index >= 15 is 0 Å². The predicted octanol–water partition coefficient (Wildman–Crippen LogP) is 1.14. The van der Waals surface area contributed by atoms with Crippen LogP contribution in [0.15, 0.2) is 18.2 Å². The van der Waals surface area contributed by atoms with Gasteiger partial charge in [-0.3, -0.25) is 9.89 Å². The molecule has 0 aliphatic heterocycles. The van der Waals surface area contributed by atoms with Crippen molar-refractivity contribution in [2.45, 2.75) is 0 Å². The van der Waals surface area contributed by atoms with Crippen molar-refractivity contribution >= 4 is 34.2 Å². The van der Waals surface area contributed by atoms with Crippen LogP contribution in [0.3, 0.4) is 0 Å². The topological polar surface area (TPSA) is 70.7 Å². The molecule has 6 heteroatoms. The van der Waals surface area contributed by atoms with E-state index < -0.39 is 0 Å². The van der Waals surface area contributed by atoms with Crippen LogP contribution in [0.25, 0.3) is 11.0 Å². The SMILES string of the molecule is O=C(CCl)Nc1cccc2[nH]nnc12. The maximum Gasteiger partial charge on any atom is 0.239 e. The molecule has 5 nitrogen and oxygen atoms in total. The van der Waals surface area contributed by atoms with Gasteiger partial charge in [0.25, 0.3) is 0 Å². The van der Waals surface area contributed by atoms with Crippen molar-refractivity contribution in [2.24, 2.45) is 0 Å². The summed E-state index contributed by atoms with van der Waals surface area (Å²) >= 11 is 5.37. The zero-order chi connectivity index (χ0) is 9.97. The average Bonchev–Trinajstić information content (AvgIpc) is 2.66. The minimum atomic E-state index is -0.262. The summed E-state index contributed by atoms with van der Waals surface area (Å²) in [5, 5.41) is 12.8. The predicted molar refractivity (Wildman–Crippen MR) is 53.2 cm³/mol. The fourth-order valence-corrected chi connectivity index (χ4v) is 1.22. The number of aromatic amines is 1. The molecular weight excluding hydrogens is 204 g/mol. The summed E-state index contributed by atoms with van der Waals surface area (Å²) in [5.41, 5.74) is 2.02. The summed E-state index contributed by atoms with van der Waals surface area (Å²) in [6, 6.07) is 5.37. The fraction of sp³-hybridized carbons (Fsp3) is 0.125. The summed E-state index contributed by atoms with van der Waals surface area (Å²) in [6.07, 6.45) is 0. The summed E-state index contributed by atoms with van der Waals surface area (Å²) < 4.78 is 0. The van der Waals surface area contributed by atoms with Gasteiger partial charge in [0.05, 0.1) is 11.2 Å². The van der Waals surface area contributed by atoms with Crippen molar-refractivity contribution in [3.63, 3.8) is 0 Å². The van der Waals surface area contributed by atoms with E-state index in [2.05, 4.69) is 20.7 Å². The van der Waals surface area contributed by atoms with E-state index in [4.69, 9.17) is 11.6 Å². The number of aromatic nitrogens is 3. The zero-order valence-electron chi connectivity index (χ0n) is 7.12. The molecule has 0 aliphatic carbocycles. The Morgan fingerprint density at radius 1 is 1.57 bits per heavy atom.